The fourth-order valence-electron chi connectivity index (χ4n) is 1.79. The molecule has 0 aliphatic heterocycles. The number of hydrazone groups is 1. The molecule has 2 aromatic carbocycles. The molecular weight excluding hydrogens is 262 g/mol. The van der Waals surface area contributed by atoms with Crippen molar-refractivity contribution in [2.75, 3.05) is 5.43 Å². The zero-order valence-corrected chi connectivity index (χ0v) is 11.4. The van der Waals surface area contributed by atoms with Crippen LogP contribution in [0.5, 0.6) is 0 Å². The first-order chi connectivity index (χ1) is 10.2. The fraction of sp³-hybridized carbons (Fsp3) is 0.0625. The normalized spacial score (nSPS) is 10.7. The lowest BCUT2D eigenvalue weighted by Gasteiger charge is -2.04. The molecule has 2 aromatic rings. The van der Waals surface area contributed by atoms with Gasteiger partial charge in [0.1, 0.15) is 6.07 Å². The third-order valence-corrected chi connectivity index (χ3v) is 2.86. The summed E-state index contributed by atoms with van der Waals surface area (Å²) in [5.74, 6) is -0.356. The van der Waals surface area contributed by atoms with E-state index in [0.29, 0.717) is 0 Å². The molecule has 0 atom stereocenters. The van der Waals surface area contributed by atoms with Crippen molar-refractivity contribution in [3.05, 3.63) is 65.7 Å². The molecule has 0 aromatic heterocycles. The highest BCUT2D eigenvalue weighted by molar-refractivity contribution is 6.45. The SMILES string of the molecule is N#C/C(=N\Nc1ccc(Cc2ccccc2)cc1)C(=N)N. The predicted octanol–water partition coefficient (Wildman–Crippen LogP) is 2.50. The van der Waals surface area contributed by atoms with Gasteiger partial charge in [0.05, 0.1) is 5.69 Å². The van der Waals surface area contributed by atoms with Gasteiger partial charge in [-0.2, -0.15) is 10.4 Å². The molecule has 0 saturated carbocycles. The van der Waals surface area contributed by atoms with E-state index in [1.165, 1.54) is 11.1 Å². The van der Waals surface area contributed by atoms with Crippen molar-refractivity contribution in [2.45, 2.75) is 6.42 Å². The lowest BCUT2D eigenvalue weighted by Crippen LogP contribution is -2.21. The van der Waals surface area contributed by atoms with Crippen molar-refractivity contribution >= 4 is 17.2 Å². The van der Waals surface area contributed by atoms with Crippen molar-refractivity contribution in [3.8, 4) is 6.07 Å². The molecule has 0 bridgehead atoms. The molecule has 5 nitrogen and oxygen atoms in total. The van der Waals surface area contributed by atoms with E-state index in [0.717, 1.165) is 12.1 Å². The molecule has 0 spiro atoms. The van der Waals surface area contributed by atoms with Crippen LogP contribution in [0.1, 0.15) is 11.1 Å². The second-order valence-corrected chi connectivity index (χ2v) is 4.46. The second kappa shape index (κ2) is 6.87. The highest BCUT2D eigenvalue weighted by Gasteiger charge is 2.01. The van der Waals surface area contributed by atoms with Crippen molar-refractivity contribution in [1.82, 2.24) is 0 Å². The molecule has 0 heterocycles. The molecule has 0 amide bonds. The fourth-order valence-corrected chi connectivity index (χ4v) is 1.79. The number of hydrogen-bond donors (Lipinski definition) is 3. The minimum absolute atomic E-state index is 0.136. The first-order valence-electron chi connectivity index (χ1n) is 6.40. The van der Waals surface area contributed by atoms with Crippen LogP contribution in [0.2, 0.25) is 0 Å². The first kappa shape index (κ1) is 14.3. The summed E-state index contributed by atoms with van der Waals surface area (Å²) in [6.07, 6.45) is 0.862. The molecule has 0 fully saturated rings. The van der Waals surface area contributed by atoms with E-state index in [1.54, 1.807) is 6.07 Å². The van der Waals surface area contributed by atoms with E-state index in [9.17, 15) is 0 Å². The van der Waals surface area contributed by atoms with Gasteiger partial charge in [0.25, 0.3) is 0 Å². The van der Waals surface area contributed by atoms with E-state index in [4.69, 9.17) is 16.4 Å². The van der Waals surface area contributed by atoms with Crippen molar-refractivity contribution in [3.63, 3.8) is 0 Å². The lowest BCUT2D eigenvalue weighted by molar-refractivity contribution is 1.19. The van der Waals surface area contributed by atoms with Crippen LogP contribution < -0.4 is 11.2 Å². The Labute approximate surface area is 123 Å². The van der Waals surface area contributed by atoms with E-state index >= 15 is 0 Å². The van der Waals surface area contributed by atoms with E-state index in [-0.39, 0.29) is 11.5 Å². The number of nitrogens with two attached hydrogens (primary N) is 1. The molecule has 21 heavy (non-hydrogen) atoms. The number of amidine groups is 1. The van der Waals surface area contributed by atoms with E-state index < -0.39 is 0 Å². The van der Waals surface area contributed by atoms with Gasteiger partial charge >= 0.3 is 0 Å². The third kappa shape index (κ3) is 4.18. The zero-order chi connectivity index (χ0) is 15.1. The van der Waals surface area contributed by atoms with Crippen LogP contribution in [0, 0.1) is 16.7 Å². The van der Waals surface area contributed by atoms with E-state index in [1.807, 2.05) is 42.5 Å². The average Bonchev–Trinajstić information content (AvgIpc) is 2.50. The van der Waals surface area contributed by atoms with Crippen LogP contribution in [-0.4, -0.2) is 11.5 Å². The van der Waals surface area contributed by atoms with Crippen LogP contribution in [0.25, 0.3) is 0 Å². The summed E-state index contributed by atoms with van der Waals surface area (Å²) in [6, 6.07) is 19.7. The maximum absolute atomic E-state index is 8.74. The van der Waals surface area contributed by atoms with Crippen LogP contribution in [0.15, 0.2) is 59.7 Å². The Hall–Kier alpha value is -3.13. The van der Waals surface area contributed by atoms with Crippen molar-refractivity contribution in [1.29, 1.82) is 10.7 Å². The summed E-state index contributed by atoms with van der Waals surface area (Å²) in [5, 5.41) is 19.7. The molecule has 0 aliphatic carbocycles. The predicted molar refractivity (Wildman–Crippen MR) is 84.3 cm³/mol. The van der Waals surface area contributed by atoms with Gasteiger partial charge in [0, 0.05) is 0 Å². The number of rotatable bonds is 5. The quantitative estimate of drug-likeness (QED) is 0.445. The smallest absolute Gasteiger partial charge is 0.201 e. The molecule has 4 N–H and O–H groups in total. The largest absolute Gasteiger partial charge is 0.382 e. The highest BCUT2D eigenvalue weighted by atomic mass is 15.3. The third-order valence-electron chi connectivity index (χ3n) is 2.86. The summed E-state index contributed by atoms with van der Waals surface area (Å²) in [7, 11) is 0. The number of benzene rings is 2. The number of nitrogens with zero attached hydrogens (tertiary/aromatic N) is 2. The Morgan fingerprint density at radius 2 is 1.71 bits per heavy atom. The summed E-state index contributed by atoms with van der Waals surface area (Å²) in [4.78, 5) is 0. The number of hydrogen-bond acceptors (Lipinski definition) is 4. The molecule has 104 valence electrons. The maximum Gasteiger partial charge on any atom is 0.201 e. The Bertz CT molecular complexity index is 681. The standard InChI is InChI=1S/C16H15N5/c17-11-15(16(18)19)21-20-14-8-6-13(7-9-14)10-12-4-2-1-3-5-12/h1-9,20H,10H2,(H3,18,19)/b21-15+. The molecule has 2 rings (SSSR count). The maximum atomic E-state index is 8.74. The lowest BCUT2D eigenvalue weighted by atomic mass is 10.1. The van der Waals surface area contributed by atoms with Gasteiger partial charge in [-0.05, 0) is 29.7 Å². The first-order valence-corrected chi connectivity index (χ1v) is 6.40. The number of nitriles is 1. The Morgan fingerprint density at radius 1 is 1.10 bits per heavy atom. The van der Waals surface area contributed by atoms with Gasteiger partial charge in [-0.25, -0.2) is 0 Å². The summed E-state index contributed by atoms with van der Waals surface area (Å²) in [6.45, 7) is 0. The molecule has 0 unspecified atom stereocenters. The summed E-state index contributed by atoms with van der Waals surface area (Å²) >= 11 is 0. The van der Waals surface area contributed by atoms with Gasteiger partial charge in [-0.15, -0.1) is 0 Å². The minimum atomic E-state index is -0.356. The number of nitrogens with one attached hydrogen (secondary N) is 2. The Morgan fingerprint density at radius 3 is 2.29 bits per heavy atom. The van der Waals surface area contributed by atoms with Crippen LogP contribution in [0.3, 0.4) is 0 Å². The Balaban J connectivity index is 2.03. The summed E-state index contributed by atoms with van der Waals surface area (Å²) in [5.41, 5.74) is 11.0. The van der Waals surface area contributed by atoms with Crippen LogP contribution >= 0.6 is 0 Å². The molecule has 5 heteroatoms. The van der Waals surface area contributed by atoms with Crippen molar-refractivity contribution < 1.29 is 0 Å². The van der Waals surface area contributed by atoms with Crippen LogP contribution in [0.4, 0.5) is 5.69 Å². The van der Waals surface area contributed by atoms with E-state index in [2.05, 4.69) is 22.7 Å². The molecule has 0 radical (unpaired) electrons. The minimum Gasteiger partial charge on any atom is -0.382 e. The zero-order valence-electron chi connectivity index (χ0n) is 11.4. The van der Waals surface area contributed by atoms with Crippen LogP contribution in [-0.2, 0) is 6.42 Å². The van der Waals surface area contributed by atoms with Gasteiger partial charge in [-0.1, -0.05) is 42.5 Å². The molecule has 0 saturated heterocycles. The Kier molecular flexibility index (Phi) is 4.67. The topological polar surface area (TPSA) is 98.0 Å². The molecule has 0 aliphatic rings. The van der Waals surface area contributed by atoms with Gasteiger partial charge in [-0.3, -0.25) is 10.8 Å². The molecular formula is C16H15N5. The second-order valence-electron chi connectivity index (χ2n) is 4.46. The highest BCUT2D eigenvalue weighted by Crippen LogP contribution is 2.13. The van der Waals surface area contributed by atoms with Gasteiger partial charge in [0.15, 0.2) is 5.84 Å². The van der Waals surface area contributed by atoms with Crippen molar-refractivity contribution in [2.24, 2.45) is 10.8 Å². The summed E-state index contributed by atoms with van der Waals surface area (Å²) < 4.78 is 0. The monoisotopic (exact) mass is 277 g/mol. The van der Waals surface area contributed by atoms with Gasteiger partial charge in [0.2, 0.25) is 5.71 Å². The average molecular weight is 277 g/mol. The van der Waals surface area contributed by atoms with Gasteiger partial charge < -0.3 is 5.73 Å². The number of anilines is 1.